The van der Waals surface area contributed by atoms with E-state index in [0.29, 0.717) is 5.56 Å². The number of hydrogen-bond donors (Lipinski definition) is 1. The monoisotopic (exact) mass is 393 g/mol. The van der Waals surface area contributed by atoms with E-state index in [9.17, 15) is 4.79 Å². The molecule has 0 fully saturated rings. The van der Waals surface area contributed by atoms with Crippen LogP contribution >= 0.6 is 15.9 Å². The summed E-state index contributed by atoms with van der Waals surface area (Å²) in [6.07, 6.45) is 1.37. The number of aromatic nitrogens is 1. The molecule has 1 aromatic heterocycles. The summed E-state index contributed by atoms with van der Waals surface area (Å²) in [5.74, 6) is -0.0463. The number of carbonyl (C=O) groups excluding carboxylic acids is 1. The number of benzene rings is 2. The molecular weight excluding hydrogens is 378 g/mol. The van der Waals surface area contributed by atoms with Gasteiger partial charge < -0.3 is 5.32 Å². The Balaban J connectivity index is 1.80. The number of halogens is 1. The zero-order valence-corrected chi connectivity index (χ0v) is 15.2. The molecule has 1 N–H and O–H groups in total. The largest absolute Gasteiger partial charge is 0.359 e. The Morgan fingerprint density at radius 3 is 2.64 bits per heavy atom. The van der Waals surface area contributed by atoms with Crippen LogP contribution in [0.5, 0.6) is 0 Å². The number of carbonyl (C=O) groups is 1. The first kappa shape index (κ1) is 15.8. The van der Waals surface area contributed by atoms with Gasteiger partial charge in [-0.25, -0.2) is 0 Å². The molecule has 0 saturated carbocycles. The number of nitrogens with one attached hydrogen (secondary N) is 1. The van der Waals surface area contributed by atoms with Gasteiger partial charge in [-0.05, 0) is 64.8 Å². The van der Waals surface area contributed by atoms with Crippen LogP contribution in [-0.4, -0.2) is 10.9 Å². The van der Waals surface area contributed by atoms with Crippen LogP contribution in [-0.2, 0) is 0 Å². The summed E-state index contributed by atoms with van der Waals surface area (Å²) in [5.41, 5.74) is 4.29. The van der Waals surface area contributed by atoms with Gasteiger partial charge in [0, 0.05) is 16.4 Å². The number of hydrogen-bond acceptors (Lipinski definition) is 3. The van der Waals surface area contributed by atoms with Crippen molar-refractivity contribution in [3.63, 3.8) is 0 Å². The molecule has 1 amide bonds. The Bertz CT molecular complexity index is 943. The minimum Gasteiger partial charge on any atom is -0.359 e. The van der Waals surface area contributed by atoms with Gasteiger partial charge >= 0.3 is 0 Å². The SMILES string of the molecule is Cc1ccc(N[C@@H]2c3ncccc3C(=O)N2c2ccccc2)c(Br)c1. The molecule has 3 aromatic rings. The van der Waals surface area contributed by atoms with E-state index in [1.54, 1.807) is 17.2 Å². The molecule has 1 aliphatic rings. The average Bonchev–Trinajstić information content (AvgIpc) is 2.91. The Labute approximate surface area is 154 Å². The van der Waals surface area contributed by atoms with Crippen molar-refractivity contribution < 1.29 is 4.79 Å². The fraction of sp³-hybridized carbons (Fsp3) is 0.100. The maximum Gasteiger partial charge on any atom is 0.262 e. The third kappa shape index (κ3) is 2.81. The van der Waals surface area contributed by atoms with Crippen LogP contribution in [0.15, 0.2) is 71.3 Å². The second kappa shape index (κ2) is 6.33. The van der Waals surface area contributed by atoms with Crippen LogP contribution in [0.3, 0.4) is 0 Å². The lowest BCUT2D eigenvalue weighted by Gasteiger charge is -2.27. The third-order valence-corrected chi connectivity index (χ3v) is 4.91. The number of anilines is 2. The average molecular weight is 394 g/mol. The van der Waals surface area contributed by atoms with Gasteiger partial charge in [0.15, 0.2) is 6.17 Å². The number of aryl methyl sites for hydroxylation is 1. The van der Waals surface area contributed by atoms with Crippen molar-refractivity contribution in [1.82, 2.24) is 4.98 Å². The molecular formula is C20H16BrN3O. The van der Waals surface area contributed by atoms with E-state index in [1.165, 1.54) is 5.56 Å². The summed E-state index contributed by atoms with van der Waals surface area (Å²) in [6, 6.07) is 19.4. The van der Waals surface area contributed by atoms with Gasteiger partial charge in [0.1, 0.15) is 0 Å². The molecule has 5 heteroatoms. The van der Waals surface area contributed by atoms with Gasteiger partial charge in [0.05, 0.1) is 16.9 Å². The van der Waals surface area contributed by atoms with Crippen molar-refractivity contribution in [1.29, 1.82) is 0 Å². The lowest BCUT2D eigenvalue weighted by Crippen LogP contribution is -2.32. The number of amides is 1. The maximum absolute atomic E-state index is 13.0. The second-order valence-corrected chi connectivity index (χ2v) is 6.83. The number of rotatable bonds is 3. The number of pyridine rings is 1. The van der Waals surface area contributed by atoms with Crippen LogP contribution in [0, 0.1) is 6.92 Å². The summed E-state index contributed by atoms with van der Waals surface area (Å²) >= 11 is 3.60. The van der Waals surface area contributed by atoms with E-state index >= 15 is 0 Å². The van der Waals surface area contributed by atoms with E-state index in [-0.39, 0.29) is 12.1 Å². The minimum absolute atomic E-state index is 0.0463. The van der Waals surface area contributed by atoms with Crippen LogP contribution < -0.4 is 10.2 Å². The van der Waals surface area contributed by atoms with Crippen molar-refractivity contribution in [3.05, 3.63) is 88.2 Å². The zero-order valence-electron chi connectivity index (χ0n) is 13.6. The summed E-state index contributed by atoms with van der Waals surface area (Å²) < 4.78 is 0.956. The number of nitrogens with zero attached hydrogens (tertiary/aromatic N) is 2. The van der Waals surface area contributed by atoms with Gasteiger partial charge in [0.2, 0.25) is 0 Å². The van der Waals surface area contributed by atoms with Crippen LogP contribution in [0.4, 0.5) is 11.4 Å². The summed E-state index contributed by atoms with van der Waals surface area (Å²) in [7, 11) is 0. The maximum atomic E-state index is 13.0. The van der Waals surface area contributed by atoms with Crippen LogP contribution in [0.25, 0.3) is 0 Å². The lowest BCUT2D eigenvalue weighted by molar-refractivity contribution is 0.0993. The van der Waals surface area contributed by atoms with E-state index < -0.39 is 0 Å². The predicted molar refractivity (Wildman–Crippen MR) is 103 cm³/mol. The molecule has 1 aliphatic heterocycles. The normalized spacial score (nSPS) is 16.0. The van der Waals surface area contributed by atoms with E-state index in [0.717, 1.165) is 21.5 Å². The summed E-state index contributed by atoms with van der Waals surface area (Å²) in [6.45, 7) is 2.04. The van der Waals surface area contributed by atoms with Gasteiger partial charge in [-0.15, -0.1) is 0 Å². The van der Waals surface area contributed by atoms with Gasteiger partial charge in [-0.2, -0.15) is 0 Å². The van der Waals surface area contributed by atoms with Crippen molar-refractivity contribution >= 4 is 33.2 Å². The Morgan fingerprint density at radius 1 is 1.08 bits per heavy atom. The van der Waals surface area contributed by atoms with E-state index in [4.69, 9.17) is 0 Å². The fourth-order valence-corrected chi connectivity index (χ4v) is 3.67. The summed E-state index contributed by atoms with van der Waals surface area (Å²) in [5, 5.41) is 3.47. The van der Waals surface area contributed by atoms with E-state index in [1.807, 2.05) is 61.5 Å². The zero-order chi connectivity index (χ0) is 17.4. The molecule has 4 rings (SSSR count). The molecule has 0 bridgehead atoms. The summed E-state index contributed by atoms with van der Waals surface area (Å²) in [4.78, 5) is 19.2. The molecule has 2 heterocycles. The number of para-hydroxylation sites is 1. The topological polar surface area (TPSA) is 45.2 Å². The predicted octanol–water partition coefficient (Wildman–Crippen LogP) is 4.92. The molecule has 1 atom stereocenters. The van der Waals surface area contributed by atoms with Crippen molar-refractivity contribution in [2.24, 2.45) is 0 Å². The Kier molecular flexibility index (Phi) is 4.01. The molecule has 124 valence electrons. The molecule has 0 radical (unpaired) electrons. The Morgan fingerprint density at radius 2 is 1.88 bits per heavy atom. The number of fused-ring (bicyclic) bond motifs is 1. The minimum atomic E-state index is -0.356. The molecule has 0 saturated heterocycles. The quantitative estimate of drug-likeness (QED) is 0.686. The first-order valence-corrected chi connectivity index (χ1v) is 8.80. The van der Waals surface area contributed by atoms with Crippen molar-refractivity contribution in [3.8, 4) is 0 Å². The van der Waals surface area contributed by atoms with Gasteiger partial charge in [-0.3, -0.25) is 14.7 Å². The smallest absolute Gasteiger partial charge is 0.262 e. The highest BCUT2D eigenvalue weighted by molar-refractivity contribution is 9.10. The fourth-order valence-electron chi connectivity index (χ4n) is 3.06. The molecule has 0 spiro atoms. The molecule has 25 heavy (non-hydrogen) atoms. The van der Waals surface area contributed by atoms with Crippen molar-refractivity contribution in [2.75, 3.05) is 10.2 Å². The second-order valence-electron chi connectivity index (χ2n) is 5.98. The molecule has 0 unspecified atom stereocenters. The highest BCUT2D eigenvalue weighted by Gasteiger charge is 2.39. The van der Waals surface area contributed by atoms with Gasteiger partial charge in [-0.1, -0.05) is 24.3 Å². The standard InChI is InChI=1S/C20H16BrN3O/c1-13-9-10-17(16(21)12-13)23-19-18-15(8-5-11-22-18)20(25)24(19)14-6-3-2-4-7-14/h2-12,19,23H,1H3/t19-/m0/s1. The molecule has 0 aliphatic carbocycles. The van der Waals surface area contributed by atoms with Crippen LogP contribution in [0.1, 0.15) is 27.8 Å². The van der Waals surface area contributed by atoms with Crippen LogP contribution in [0.2, 0.25) is 0 Å². The molecule has 4 nitrogen and oxygen atoms in total. The third-order valence-electron chi connectivity index (χ3n) is 4.26. The van der Waals surface area contributed by atoms with Gasteiger partial charge in [0.25, 0.3) is 5.91 Å². The first-order chi connectivity index (χ1) is 12.1. The van der Waals surface area contributed by atoms with Crippen molar-refractivity contribution in [2.45, 2.75) is 13.1 Å². The van der Waals surface area contributed by atoms with E-state index in [2.05, 4.69) is 26.2 Å². The highest BCUT2D eigenvalue weighted by Crippen LogP contribution is 2.38. The lowest BCUT2D eigenvalue weighted by atomic mass is 10.2. The highest BCUT2D eigenvalue weighted by atomic mass is 79.9. The first-order valence-electron chi connectivity index (χ1n) is 8.01. The Hall–Kier alpha value is -2.66. The molecule has 2 aromatic carbocycles.